The summed E-state index contributed by atoms with van der Waals surface area (Å²) < 4.78 is 28.6. The van der Waals surface area contributed by atoms with Crippen molar-refractivity contribution in [2.24, 2.45) is 0 Å². The first-order chi connectivity index (χ1) is 13.2. The number of carbonyl (C=O) groups is 2. The largest absolute Gasteiger partial charge is 0.493 e. The van der Waals surface area contributed by atoms with Gasteiger partial charge in [-0.15, -0.1) is 0 Å². The first kappa shape index (κ1) is 20.5. The van der Waals surface area contributed by atoms with E-state index in [0.29, 0.717) is 23.3 Å². The van der Waals surface area contributed by atoms with Crippen LogP contribution in [0.25, 0.3) is 0 Å². The number of amides is 1. The maximum absolute atomic E-state index is 11.7. The lowest BCUT2D eigenvalue weighted by molar-refractivity contribution is -0.361. The standard InChI is InChI=1S/C19H25NO8/c1-10(22)20-15-16(23)17-14(9-25-19(2,3)28-17)27-18(15)26-12-6-5-11(8-21)7-13(12)24-4/h5-8,14-18,23H,9H2,1-4H3,(H,20,22). The Labute approximate surface area is 162 Å². The number of ether oxygens (including phenoxy) is 5. The van der Waals surface area contributed by atoms with Crippen LogP contribution in [0.15, 0.2) is 18.2 Å². The molecule has 2 saturated heterocycles. The van der Waals surface area contributed by atoms with Gasteiger partial charge in [0.2, 0.25) is 12.2 Å². The van der Waals surface area contributed by atoms with E-state index < -0.39 is 36.4 Å². The third kappa shape index (κ3) is 4.27. The highest BCUT2D eigenvalue weighted by Crippen LogP contribution is 2.35. The summed E-state index contributed by atoms with van der Waals surface area (Å²) in [6.07, 6.45) is -2.70. The van der Waals surface area contributed by atoms with Crippen molar-refractivity contribution < 1.29 is 38.4 Å². The van der Waals surface area contributed by atoms with E-state index in [0.717, 1.165) is 0 Å². The van der Waals surface area contributed by atoms with Crippen molar-refractivity contribution in [2.75, 3.05) is 13.7 Å². The van der Waals surface area contributed by atoms with Crippen LogP contribution in [0.3, 0.4) is 0 Å². The normalized spacial score (nSPS) is 31.4. The topological polar surface area (TPSA) is 113 Å². The molecule has 28 heavy (non-hydrogen) atoms. The van der Waals surface area contributed by atoms with Gasteiger partial charge in [0.05, 0.1) is 13.7 Å². The Morgan fingerprint density at radius 3 is 2.75 bits per heavy atom. The molecule has 9 heteroatoms. The summed E-state index contributed by atoms with van der Waals surface area (Å²) in [5, 5.41) is 13.5. The van der Waals surface area contributed by atoms with Crippen LogP contribution < -0.4 is 14.8 Å². The summed E-state index contributed by atoms with van der Waals surface area (Å²) in [5.41, 5.74) is 0.420. The van der Waals surface area contributed by atoms with Crippen molar-refractivity contribution in [2.45, 2.75) is 57.2 Å². The average Bonchev–Trinajstić information content (AvgIpc) is 2.65. The highest BCUT2D eigenvalue weighted by Gasteiger charge is 2.52. The highest BCUT2D eigenvalue weighted by atomic mass is 16.8. The number of aliphatic hydroxyl groups is 1. The molecule has 5 unspecified atom stereocenters. The highest BCUT2D eigenvalue weighted by molar-refractivity contribution is 5.76. The van der Waals surface area contributed by atoms with E-state index in [1.165, 1.54) is 20.1 Å². The van der Waals surface area contributed by atoms with Gasteiger partial charge in [0, 0.05) is 12.5 Å². The van der Waals surface area contributed by atoms with Crippen molar-refractivity contribution in [3.8, 4) is 11.5 Å². The van der Waals surface area contributed by atoms with Gasteiger partial charge in [-0.1, -0.05) is 0 Å². The van der Waals surface area contributed by atoms with Crippen molar-refractivity contribution in [3.05, 3.63) is 23.8 Å². The zero-order chi connectivity index (χ0) is 20.5. The monoisotopic (exact) mass is 395 g/mol. The van der Waals surface area contributed by atoms with Gasteiger partial charge in [-0.25, -0.2) is 0 Å². The molecule has 1 aromatic rings. The van der Waals surface area contributed by atoms with E-state index in [1.54, 1.807) is 26.0 Å². The van der Waals surface area contributed by atoms with Gasteiger partial charge in [0.1, 0.15) is 30.6 Å². The van der Waals surface area contributed by atoms with Crippen LogP contribution >= 0.6 is 0 Å². The van der Waals surface area contributed by atoms with Crippen molar-refractivity contribution >= 4 is 12.2 Å². The second-order valence-electron chi connectivity index (χ2n) is 7.20. The maximum atomic E-state index is 11.7. The molecule has 9 nitrogen and oxygen atoms in total. The summed E-state index contributed by atoms with van der Waals surface area (Å²) in [5.74, 6) is -0.608. The molecule has 0 bridgehead atoms. The Kier molecular flexibility index (Phi) is 5.90. The molecule has 0 aromatic heterocycles. The minimum Gasteiger partial charge on any atom is -0.493 e. The average molecular weight is 395 g/mol. The number of methoxy groups -OCH3 is 1. The van der Waals surface area contributed by atoms with Gasteiger partial charge in [-0.05, 0) is 32.0 Å². The van der Waals surface area contributed by atoms with E-state index in [-0.39, 0.29) is 12.5 Å². The van der Waals surface area contributed by atoms with Gasteiger partial charge in [-0.3, -0.25) is 9.59 Å². The van der Waals surface area contributed by atoms with Gasteiger partial charge >= 0.3 is 0 Å². The molecule has 0 aliphatic carbocycles. The van der Waals surface area contributed by atoms with Crippen LogP contribution in [0.1, 0.15) is 31.1 Å². The second-order valence-corrected chi connectivity index (χ2v) is 7.20. The number of hydrogen-bond donors (Lipinski definition) is 2. The molecule has 2 N–H and O–H groups in total. The fraction of sp³-hybridized carbons (Fsp3) is 0.579. The third-order valence-electron chi connectivity index (χ3n) is 4.63. The number of rotatable bonds is 5. The van der Waals surface area contributed by atoms with Crippen LogP contribution in [0.2, 0.25) is 0 Å². The SMILES string of the molecule is COc1cc(C=O)ccc1OC1OC2COC(C)(C)OC2C(O)C1NC(C)=O. The molecule has 2 fully saturated rings. The van der Waals surface area contributed by atoms with Crippen molar-refractivity contribution in [1.82, 2.24) is 5.32 Å². The summed E-state index contributed by atoms with van der Waals surface area (Å²) in [7, 11) is 1.44. The predicted molar refractivity (Wildman–Crippen MR) is 96.2 cm³/mol. The molecular weight excluding hydrogens is 370 g/mol. The lowest BCUT2D eigenvalue weighted by Crippen LogP contribution is -2.69. The first-order valence-electron chi connectivity index (χ1n) is 8.96. The minimum absolute atomic E-state index is 0.197. The lowest BCUT2D eigenvalue weighted by Gasteiger charge is -2.49. The lowest BCUT2D eigenvalue weighted by atomic mass is 9.95. The van der Waals surface area contributed by atoms with E-state index in [2.05, 4.69) is 5.32 Å². The maximum Gasteiger partial charge on any atom is 0.223 e. The smallest absolute Gasteiger partial charge is 0.223 e. The van der Waals surface area contributed by atoms with E-state index >= 15 is 0 Å². The Hall–Kier alpha value is -2.20. The molecule has 3 rings (SSSR count). The molecule has 2 heterocycles. The fourth-order valence-electron chi connectivity index (χ4n) is 3.31. The van der Waals surface area contributed by atoms with E-state index in [4.69, 9.17) is 23.7 Å². The molecule has 1 amide bonds. The zero-order valence-electron chi connectivity index (χ0n) is 16.2. The van der Waals surface area contributed by atoms with Crippen LogP contribution in [0, 0.1) is 0 Å². The molecule has 0 spiro atoms. The summed E-state index contributed by atoms with van der Waals surface area (Å²) >= 11 is 0. The Balaban J connectivity index is 1.86. The number of fused-ring (bicyclic) bond motifs is 1. The number of nitrogens with one attached hydrogen (secondary N) is 1. The number of aliphatic hydroxyl groups excluding tert-OH is 1. The Bertz CT molecular complexity index is 737. The van der Waals surface area contributed by atoms with Crippen LogP contribution in [0.4, 0.5) is 0 Å². The molecule has 0 radical (unpaired) electrons. The van der Waals surface area contributed by atoms with Crippen LogP contribution in [0.5, 0.6) is 11.5 Å². The molecule has 2 aliphatic rings. The molecular formula is C19H25NO8. The molecule has 0 saturated carbocycles. The van der Waals surface area contributed by atoms with Gasteiger partial charge in [0.15, 0.2) is 17.3 Å². The number of benzene rings is 1. The van der Waals surface area contributed by atoms with Gasteiger partial charge in [0.25, 0.3) is 0 Å². The summed E-state index contributed by atoms with van der Waals surface area (Å²) in [6, 6.07) is 3.76. The number of hydrogen-bond acceptors (Lipinski definition) is 8. The van der Waals surface area contributed by atoms with Crippen LogP contribution in [-0.2, 0) is 19.0 Å². The number of aldehydes is 1. The quantitative estimate of drug-likeness (QED) is 0.698. The third-order valence-corrected chi connectivity index (χ3v) is 4.63. The van der Waals surface area contributed by atoms with Gasteiger partial charge < -0.3 is 34.1 Å². The molecule has 1 aromatic carbocycles. The minimum atomic E-state index is -1.09. The van der Waals surface area contributed by atoms with Crippen LogP contribution in [-0.4, -0.2) is 67.4 Å². The fourth-order valence-corrected chi connectivity index (χ4v) is 3.31. The van der Waals surface area contributed by atoms with Crippen molar-refractivity contribution in [1.29, 1.82) is 0 Å². The number of carbonyl (C=O) groups excluding carboxylic acids is 2. The predicted octanol–water partition coefficient (Wildman–Crippen LogP) is 0.628. The summed E-state index contributed by atoms with van der Waals surface area (Å²) in [6.45, 7) is 5.02. The first-order valence-corrected chi connectivity index (χ1v) is 8.96. The van der Waals surface area contributed by atoms with E-state index in [9.17, 15) is 14.7 Å². The molecule has 5 atom stereocenters. The van der Waals surface area contributed by atoms with Gasteiger partial charge in [-0.2, -0.15) is 0 Å². The Morgan fingerprint density at radius 1 is 1.36 bits per heavy atom. The zero-order valence-corrected chi connectivity index (χ0v) is 16.2. The second kappa shape index (κ2) is 8.04. The van der Waals surface area contributed by atoms with Crippen molar-refractivity contribution in [3.63, 3.8) is 0 Å². The summed E-state index contributed by atoms with van der Waals surface area (Å²) in [4.78, 5) is 22.7. The molecule has 154 valence electrons. The Morgan fingerprint density at radius 2 is 2.11 bits per heavy atom. The van der Waals surface area contributed by atoms with E-state index in [1.807, 2.05) is 0 Å². The molecule has 2 aliphatic heterocycles.